The summed E-state index contributed by atoms with van der Waals surface area (Å²) in [6.45, 7) is 0. The first kappa shape index (κ1) is 20.1. The molecule has 0 aliphatic heterocycles. The normalized spacial score (nSPS) is 11.9. The van der Waals surface area contributed by atoms with Crippen LogP contribution in [0.4, 0.5) is 19.1 Å². The highest BCUT2D eigenvalue weighted by atomic mass is 19.4. The monoisotopic (exact) mass is 359 g/mol. The van der Waals surface area contributed by atoms with Crippen LogP contribution in [0.5, 0.6) is 0 Å². The molecule has 2 rings (SSSR count). The molecule has 4 N–H and O–H groups in total. The van der Waals surface area contributed by atoms with E-state index < -0.39 is 18.2 Å². The van der Waals surface area contributed by atoms with Gasteiger partial charge in [0.2, 0.25) is 11.9 Å². The van der Waals surface area contributed by atoms with Crippen LogP contribution >= 0.6 is 0 Å². The van der Waals surface area contributed by atoms with E-state index in [0.717, 1.165) is 5.56 Å². The van der Waals surface area contributed by atoms with Gasteiger partial charge < -0.3 is 15.4 Å². The summed E-state index contributed by atoms with van der Waals surface area (Å²) >= 11 is 0. The molecule has 1 aromatic heterocycles. The van der Waals surface area contributed by atoms with E-state index in [0.29, 0.717) is 12.4 Å². The van der Waals surface area contributed by atoms with Crippen LogP contribution in [0, 0.1) is 0 Å². The summed E-state index contributed by atoms with van der Waals surface area (Å²) in [5.41, 5.74) is 6.87. The highest BCUT2D eigenvalue weighted by molar-refractivity contribution is 5.93. The molecule has 0 radical (unpaired) electrons. The second-order valence-corrected chi connectivity index (χ2v) is 4.85. The van der Waals surface area contributed by atoms with Crippen LogP contribution in [0.1, 0.15) is 5.56 Å². The molecule has 8 nitrogen and oxygen atoms in total. The molecular weight excluding hydrogens is 343 g/mol. The first-order valence-electron chi connectivity index (χ1n) is 6.85. The van der Waals surface area contributed by atoms with Crippen molar-refractivity contribution in [3.8, 4) is 0 Å². The lowest BCUT2D eigenvalue weighted by Crippen LogP contribution is -2.38. The molecule has 2 aromatic rings. The number of aromatic nitrogens is 3. The summed E-state index contributed by atoms with van der Waals surface area (Å²) in [6.07, 6.45) is -3.08. The molecule has 0 aliphatic carbocycles. The number of carbonyl (C=O) groups is 2. The van der Waals surface area contributed by atoms with Gasteiger partial charge in [-0.05, 0) is 12.0 Å². The van der Waals surface area contributed by atoms with Crippen LogP contribution in [-0.4, -0.2) is 44.0 Å². The van der Waals surface area contributed by atoms with Crippen molar-refractivity contribution in [3.05, 3.63) is 42.2 Å². The first-order valence-corrected chi connectivity index (χ1v) is 6.85. The number of hydrogen-bond donors (Lipinski definition) is 3. The van der Waals surface area contributed by atoms with E-state index in [1.807, 2.05) is 30.3 Å². The Labute approximate surface area is 140 Å². The van der Waals surface area contributed by atoms with Gasteiger partial charge in [0.05, 0.1) is 6.04 Å². The largest absolute Gasteiger partial charge is 0.490 e. The van der Waals surface area contributed by atoms with E-state index in [1.54, 1.807) is 11.6 Å². The zero-order chi connectivity index (χ0) is 19.0. The SMILES string of the molecule is Cn1cnnc1NC(=O)[C@H](N)Cc1ccccc1.O=C(O)C(F)(F)F. The summed E-state index contributed by atoms with van der Waals surface area (Å²) in [5.74, 6) is -2.63. The topological polar surface area (TPSA) is 123 Å². The fourth-order valence-electron chi connectivity index (χ4n) is 1.56. The summed E-state index contributed by atoms with van der Waals surface area (Å²) in [5, 5.41) is 17.2. The van der Waals surface area contributed by atoms with Crippen molar-refractivity contribution < 1.29 is 27.9 Å². The molecular formula is C14H16F3N5O3. The maximum atomic E-state index is 11.8. The van der Waals surface area contributed by atoms with Gasteiger partial charge in [0.1, 0.15) is 6.33 Å². The fraction of sp³-hybridized carbons (Fsp3) is 0.286. The molecule has 1 atom stereocenters. The molecule has 0 bridgehead atoms. The second kappa shape index (κ2) is 8.78. The van der Waals surface area contributed by atoms with Crippen molar-refractivity contribution in [1.29, 1.82) is 0 Å². The third kappa shape index (κ3) is 6.99. The molecule has 0 unspecified atom stereocenters. The summed E-state index contributed by atoms with van der Waals surface area (Å²) < 4.78 is 33.4. The minimum absolute atomic E-state index is 0.269. The molecule has 0 saturated heterocycles. The number of carboxylic acids is 1. The Morgan fingerprint density at radius 2 is 1.88 bits per heavy atom. The lowest BCUT2D eigenvalue weighted by Gasteiger charge is -2.11. The molecule has 0 saturated carbocycles. The van der Waals surface area contributed by atoms with Gasteiger partial charge in [-0.25, -0.2) is 4.79 Å². The third-order valence-corrected chi connectivity index (χ3v) is 2.82. The van der Waals surface area contributed by atoms with E-state index in [-0.39, 0.29) is 5.91 Å². The minimum atomic E-state index is -5.08. The second-order valence-electron chi connectivity index (χ2n) is 4.85. The molecule has 0 aliphatic rings. The van der Waals surface area contributed by atoms with Gasteiger partial charge in [0, 0.05) is 7.05 Å². The Morgan fingerprint density at radius 1 is 1.32 bits per heavy atom. The Bertz CT molecular complexity index is 703. The number of aliphatic carboxylic acids is 1. The number of carbonyl (C=O) groups excluding carboxylic acids is 1. The van der Waals surface area contributed by atoms with Crippen molar-refractivity contribution in [2.24, 2.45) is 12.8 Å². The van der Waals surface area contributed by atoms with Gasteiger partial charge in [-0.1, -0.05) is 30.3 Å². The highest BCUT2D eigenvalue weighted by Crippen LogP contribution is 2.13. The number of amides is 1. The van der Waals surface area contributed by atoms with Crippen LogP contribution in [0.15, 0.2) is 36.7 Å². The average Bonchev–Trinajstić information content (AvgIpc) is 2.93. The van der Waals surface area contributed by atoms with Crippen LogP contribution in [0.2, 0.25) is 0 Å². The predicted molar refractivity (Wildman–Crippen MR) is 81.4 cm³/mol. The van der Waals surface area contributed by atoms with Crippen LogP contribution < -0.4 is 11.1 Å². The first-order chi connectivity index (χ1) is 11.6. The zero-order valence-corrected chi connectivity index (χ0v) is 13.1. The smallest absolute Gasteiger partial charge is 0.475 e. The van der Waals surface area contributed by atoms with Crippen molar-refractivity contribution in [2.75, 3.05) is 5.32 Å². The van der Waals surface area contributed by atoms with Gasteiger partial charge in [-0.15, -0.1) is 10.2 Å². The molecule has 1 aromatic carbocycles. The van der Waals surface area contributed by atoms with Gasteiger partial charge in [0.15, 0.2) is 0 Å². The average molecular weight is 359 g/mol. The number of anilines is 1. The number of halogens is 3. The van der Waals surface area contributed by atoms with E-state index in [9.17, 15) is 18.0 Å². The number of nitrogens with two attached hydrogens (primary N) is 1. The Balaban J connectivity index is 0.000000381. The van der Waals surface area contributed by atoms with E-state index >= 15 is 0 Å². The summed E-state index contributed by atoms with van der Waals surface area (Å²) in [6, 6.07) is 9.04. The summed E-state index contributed by atoms with van der Waals surface area (Å²) in [4.78, 5) is 20.7. The number of alkyl halides is 3. The molecule has 11 heteroatoms. The number of benzene rings is 1. The quantitative estimate of drug-likeness (QED) is 0.747. The number of hydrogen-bond acceptors (Lipinski definition) is 5. The number of carboxylic acid groups (broad SMARTS) is 1. The zero-order valence-electron chi connectivity index (χ0n) is 13.1. The third-order valence-electron chi connectivity index (χ3n) is 2.82. The van der Waals surface area contributed by atoms with Crippen molar-refractivity contribution >= 4 is 17.8 Å². The number of rotatable bonds is 4. The van der Waals surface area contributed by atoms with Crippen molar-refractivity contribution in [3.63, 3.8) is 0 Å². The molecule has 1 heterocycles. The highest BCUT2D eigenvalue weighted by Gasteiger charge is 2.38. The van der Waals surface area contributed by atoms with Crippen LogP contribution in [0.25, 0.3) is 0 Å². The molecule has 0 fully saturated rings. The lowest BCUT2D eigenvalue weighted by molar-refractivity contribution is -0.192. The van der Waals surface area contributed by atoms with Gasteiger partial charge >= 0.3 is 12.1 Å². The predicted octanol–water partition coefficient (Wildman–Crippen LogP) is 0.957. The Morgan fingerprint density at radius 3 is 2.32 bits per heavy atom. The molecule has 25 heavy (non-hydrogen) atoms. The lowest BCUT2D eigenvalue weighted by atomic mass is 10.1. The fourth-order valence-corrected chi connectivity index (χ4v) is 1.56. The van der Waals surface area contributed by atoms with Gasteiger partial charge in [-0.2, -0.15) is 13.2 Å². The minimum Gasteiger partial charge on any atom is -0.475 e. The summed E-state index contributed by atoms with van der Waals surface area (Å²) in [7, 11) is 1.75. The number of nitrogens with one attached hydrogen (secondary N) is 1. The van der Waals surface area contributed by atoms with E-state index in [2.05, 4.69) is 15.5 Å². The van der Waals surface area contributed by atoms with E-state index in [4.69, 9.17) is 15.6 Å². The van der Waals surface area contributed by atoms with E-state index in [1.165, 1.54) is 6.33 Å². The standard InChI is InChI=1S/C12H15N5O.C2HF3O2/c1-17-8-14-16-12(17)15-11(18)10(13)7-9-5-3-2-4-6-9;3-2(4,5)1(6)7/h2-6,8,10H,7,13H2,1H3,(H,15,16,18);(H,6,7)/t10-;/m1./s1. The maximum Gasteiger partial charge on any atom is 0.490 e. The van der Waals surface area contributed by atoms with Crippen molar-refractivity contribution in [1.82, 2.24) is 14.8 Å². The number of nitrogens with zero attached hydrogens (tertiary/aromatic N) is 3. The Hall–Kier alpha value is -2.95. The molecule has 1 amide bonds. The van der Waals surface area contributed by atoms with Crippen LogP contribution in [0.3, 0.4) is 0 Å². The maximum absolute atomic E-state index is 11.8. The van der Waals surface area contributed by atoms with Gasteiger partial charge in [0.25, 0.3) is 0 Å². The number of aryl methyl sites for hydroxylation is 1. The molecule has 0 spiro atoms. The van der Waals surface area contributed by atoms with Crippen LogP contribution in [-0.2, 0) is 23.1 Å². The van der Waals surface area contributed by atoms with Gasteiger partial charge in [-0.3, -0.25) is 10.1 Å². The Kier molecular flexibility index (Phi) is 7.06. The van der Waals surface area contributed by atoms with Crippen molar-refractivity contribution in [2.45, 2.75) is 18.6 Å². The molecule has 136 valence electrons.